The number of aryl methyl sites for hydroxylation is 1. The molecule has 0 atom stereocenters. The first-order chi connectivity index (χ1) is 9.74. The molecule has 2 aromatic rings. The van der Waals surface area contributed by atoms with Gasteiger partial charge in [0.25, 0.3) is 0 Å². The highest BCUT2D eigenvalue weighted by Gasteiger charge is 2.24. The van der Waals surface area contributed by atoms with Crippen molar-refractivity contribution in [2.75, 3.05) is 0 Å². The number of hydrogen-bond acceptors (Lipinski definition) is 3. The van der Waals surface area contributed by atoms with Gasteiger partial charge in [-0.05, 0) is 31.0 Å². The van der Waals surface area contributed by atoms with Crippen molar-refractivity contribution in [3.05, 3.63) is 36.3 Å². The Bertz CT molecular complexity index is 602. The van der Waals surface area contributed by atoms with E-state index in [1.807, 2.05) is 29.9 Å². The number of carbonyl (C=O) groups is 1. The van der Waals surface area contributed by atoms with Gasteiger partial charge in [0.05, 0.1) is 17.9 Å². The maximum Gasteiger partial charge on any atom is 0.223 e. The van der Waals surface area contributed by atoms with Crippen LogP contribution in [0.5, 0.6) is 0 Å². The van der Waals surface area contributed by atoms with Crippen LogP contribution in [0.4, 0.5) is 0 Å². The fraction of sp³-hybridized carbons (Fsp3) is 0.400. The van der Waals surface area contributed by atoms with E-state index >= 15 is 0 Å². The minimum Gasteiger partial charge on any atom is -0.350 e. The van der Waals surface area contributed by atoms with Gasteiger partial charge in [-0.25, -0.2) is 0 Å². The number of aromatic nitrogens is 3. The highest BCUT2D eigenvalue weighted by atomic mass is 16.1. The Morgan fingerprint density at radius 2 is 2.15 bits per heavy atom. The fourth-order valence-corrected chi connectivity index (χ4v) is 2.40. The van der Waals surface area contributed by atoms with Crippen LogP contribution in [-0.2, 0) is 18.4 Å². The summed E-state index contributed by atoms with van der Waals surface area (Å²) >= 11 is 0. The lowest BCUT2D eigenvalue weighted by Crippen LogP contribution is -2.34. The van der Waals surface area contributed by atoms with E-state index in [0.29, 0.717) is 6.54 Å². The van der Waals surface area contributed by atoms with Crippen molar-refractivity contribution in [2.45, 2.75) is 25.8 Å². The molecule has 5 heteroatoms. The van der Waals surface area contributed by atoms with E-state index in [4.69, 9.17) is 0 Å². The van der Waals surface area contributed by atoms with Crippen LogP contribution in [0, 0.1) is 5.92 Å². The number of nitrogens with zero attached hydrogens (tertiary/aromatic N) is 3. The van der Waals surface area contributed by atoms with Crippen LogP contribution < -0.4 is 5.32 Å². The van der Waals surface area contributed by atoms with Crippen molar-refractivity contribution in [1.82, 2.24) is 20.1 Å². The van der Waals surface area contributed by atoms with Gasteiger partial charge >= 0.3 is 0 Å². The zero-order chi connectivity index (χ0) is 13.9. The quantitative estimate of drug-likeness (QED) is 0.923. The first kappa shape index (κ1) is 12.8. The Kier molecular flexibility index (Phi) is 3.50. The molecule has 1 amide bonds. The molecule has 1 saturated carbocycles. The van der Waals surface area contributed by atoms with E-state index < -0.39 is 0 Å². The van der Waals surface area contributed by atoms with E-state index in [1.165, 1.54) is 6.42 Å². The molecular weight excluding hydrogens is 252 g/mol. The normalized spacial score (nSPS) is 14.8. The van der Waals surface area contributed by atoms with Crippen molar-refractivity contribution >= 4 is 5.91 Å². The second kappa shape index (κ2) is 5.45. The number of hydrogen-bond donors (Lipinski definition) is 1. The molecule has 1 N–H and O–H groups in total. The summed E-state index contributed by atoms with van der Waals surface area (Å²) in [4.78, 5) is 15.8. The predicted octanol–water partition coefficient (Wildman–Crippen LogP) is 1.90. The number of rotatable bonds is 4. The number of carbonyl (C=O) groups excluding carboxylic acids is 1. The van der Waals surface area contributed by atoms with Gasteiger partial charge in [-0.2, -0.15) is 5.10 Å². The van der Waals surface area contributed by atoms with E-state index in [0.717, 1.165) is 29.8 Å². The second-order valence-corrected chi connectivity index (χ2v) is 5.23. The minimum atomic E-state index is 0.160. The van der Waals surface area contributed by atoms with Crippen molar-refractivity contribution < 1.29 is 4.79 Å². The summed E-state index contributed by atoms with van der Waals surface area (Å²) in [5, 5.41) is 7.41. The summed E-state index contributed by atoms with van der Waals surface area (Å²) in [5.74, 6) is 0.380. The molecule has 0 aliphatic heterocycles. The van der Waals surface area contributed by atoms with Crippen molar-refractivity contribution in [3.8, 4) is 11.3 Å². The van der Waals surface area contributed by atoms with Crippen LogP contribution in [0.15, 0.2) is 30.6 Å². The largest absolute Gasteiger partial charge is 0.350 e. The predicted molar refractivity (Wildman–Crippen MR) is 75.6 cm³/mol. The first-order valence-electron chi connectivity index (χ1n) is 6.95. The zero-order valence-corrected chi connectivity index (χ0v) is 11.5. The van der Waals surface area contributed by atoms with E-state index in [-0.39, 0.29) is 11.8 Å². The highest BCUT2D eigenvalue weighted by molar-refractivity contribution is 5.79. The molecular formula is C15H18N4O. The SMILES string of the molecule is Cn1nc(CNC(=O)C2CCC2)cc1-c1ccncc1. The van der Waals surface area contributed by atoms with Crippen LogP contribution in [0.3, 0.4) is 0 Å². The third-order valence-corrected chi connectivity index (χ3v) is 3.83. The summed E-state index contributed by atoms with van der Waals surface area (Å²) in [5.41, 5.74) is 2.99. The second-order valence-electron chi connectivity index (χ2n) is 5.23. The van der Waals surface area contributed by atoms with Crippen molar-refractivity contribution in [3.63, 3.8) is 0 Å². The van der Waals surface area contributed by atoms with Crippen molar-refractivity contribution in [1.29, 1.82) is 0 Å². The van der Waals surface area contributed by atoms with E-state index in [2.05, 4.69) is 15.4 Å². The Hall–Kier alpha value is -2.17. The van der Waals surface area contributed by atoms with E-state index in [9.17, 15) is 4.79 Å². The average Bonchev–Trinajstić information content (AvgIpc) is 2.77. The maximum atomic E-state index is 11.8. The molecule has 2 heterocycles. The zero-order valence-electron chi connectivity index (χ0n) is 11.5. The van der Waals surface area contributed by atoms with Crippen LogP contribution in [0.1, 0.15) is 25.0 Å². The summed E-state index contributed by atoms with van der Waals surface area (Å²) in [6.07, 6.45) is 6.75. The highest BCUT2D eigenvalue weighted by Crippen LogP contribution is 2.26. The van der Waals surface area contributed by atoms with Gasteiger partial charge in [-0.3, -0.25) is 14.5 Å². The molecule has 0 radical (unpaired) electrons. The molecule has 3 rings (SSSR count). The van der Waals surface area contributed by atoms with Gasteiger partial charge in [-0.1, -0.05) is 6.42 Å². The summed E-state index contributed by atoms with van der Waals surface area (Å²) in [6.45, 7) is 0.494. The van der Waals surface area contributed by atoms with Crippen LogP contribution in [0.2, 0.25) is 0 Å². The Labute approximate surface area is 118 Å². The van der Waals surface area contributed by atoms with Crippen LogP contribution in [0.25, 0.3) is 11.3 Å². The lowest BCUT2D eigenvalue weighted by Gasteiger charge is -2.23. The van der Waals surface area contributed by atoms with Gasteiger partial charge in [0.2, 0.25) is 5.91 Å². The van der Waals surface area contributed by atoms with Crippen LogP contribution in [-0.4, -0.2) is 20.7 Å². The first-order valence-corrected chi connectivity index (χ1v) is 6.95. The fourth-order valence-electron chi connectivity index (χ4n) is 2.40. The van der Waals surface area contributed by atoms with Crippen molar-refractivity contribution in [2.24, 2.45) is 13.0 Å². The van der Waals surface area contributed by atoms with Gasteiger partial charge in [0, 0.05) is 30.9 Å². The minimum absolute atomic E-state index is 0.160. The average molecular weight is 270 g/mol. The summed E-state index contributed by atoms with van der Waals surface area (Å²) in [6, 6.07) is 5.91. The third-order valence-electron chi connectivity index (χ3n) is 3.83. The molecule has 0 bridgehead atoms. The monoisotopic (exact) mass is 270 g/mol. The summed E-state index contributed by atoms with van der Waals surface area (Å²) < 4.78 is 1.83. The molecule has 5 nitrogen and oxygen atoms in total. The molecule has 0 saturated heterocycles. The van der Waals surface area contributed by atoms with Gasteiger partial charge < -0.3 is 5.32 Å². The molecule has 20 heavy (non-hydrogen) atoms. The third kappa shape index (κ3) is 2.57. The number of amides is 1. The standard InChI is InChI=1S/C15H18N4O/c1-19-14(11-5-7-16-8-6-11)9-13(18-19)10-17-15(20)12-3-2-4-12/h5-9,12H,2-4,10H2,1H3,(H,17,20). The van der Waals surface area contributed by atoms with Crippen LogP contribution >= 0.6 is 0 Å². The number of pyridine rings is 1. The van der Waals surface area contributed by atoms with E-state index in [1.54, 1.807) is 12.4 Å². The lowest BCUT2D eigenvalue weighted by molar-refractivity contribution is -0.127. The molecule has 1 fully saturated rings. The maximum absolute atomic E-state index is 11.8. The van der Waals surface area contributed by atoms with Gasteiger partial charge in [0.1, 0.15) is 0 Å². The molecule has 104 valence electrons. The lowest BCUT2D eigenvalue weighted by atomic mass is 9.85. The Balaban J connectivity index is 1.68. The number of nitrogens with one attached hydrogen (secondary N) is 1. The molecule has 2 aromatic heterocycles. The Morgan fingerprint density at radius 3 is 2.80 bits per heavy atom. The smallest absolute Gasteiger partial charge is 0.223 e. The topological polar surface area (TPSA) is 59.8 Å². The summed E-state index contributed by atoms with van der Waals surface area (Å²) in [7, 11) is 1.91. The van der Waals surface area contributed by atoms with Gasteiger partial charge in [0.15, 0.2) is 0 Å². The molecule has 0 spiro atoms. The molecule has 1 aliphatic rings. The van der Waals surface area contributed by atoms with Gasteiger partial charge in [-0.15, -0.1) is 0 Å². The molecule has 1 aliphatic carbocycles. The molecule has 0 unspecified atom stereocenters. The molecule has 0 aromatic carbocycles. The Morgan fingerprint density at radius 1 is 1.40 bits per heavy atom.